The van der Waals surface area contributed by atoms with Crippen LogP contribution in [0.5, 0.6) is 0 Å². The molecule has 3 nitrogen and oxygen atoms in total. The summed E-state index contributed by atoms with van der Waals surface area (Å²) < 4.78 is 0. The summed E-state index contributed by atoms with van der Waals surface area (Å²) in [6.07, 6.45) is 0. The highest BCUT2D eigenvalue weighted by Crippen LogP contribution is 2.19. The molecule has 0 fully saturated rings. The van der Waals surface area contributed by atoms with Crippen molar-refractivity contribution in [2.75, 3.05) is 19.4 Å². The van der Waals surface area contributed by atoms with Crippen LogP contribution >= 0.6 is 0 Å². The number of nitrogens with one attached hydrogen (secondary N) is 1. The Hall–Kier alpha value is -1.51. The van der Waals surface area contributed by atoms with Gasteiger partial charge in [0.15, 0.2) is 0 Å². The van der Waals surface area contributed by atoms with Crippen LogP contribution in [0, 0.1) is 6.92 Å². The van der Waals surface area contributed by atoms with Crippen molar-refractivity contribution in [1.82, 2.24) is 4.90 Å². The van der Waals surface area contributed by atoms with Gasteiger partial charge in [-0.1, -0.05) is 11.6 Å². The van der Waals surface area contributed by atoms with E-state index in [2.05, 4.69) is 5.32 Å². The first-order valence-corrected chi connectivity index (χ1v) is 5.53. The molecule has 0 radical (unpaired) electrons. The van der Waals surface area contributed by atoms with Gasteiger partial charge in [-0.05, 0) is 32.9 Å². The zero-order chi connectivity index (χ0) is 12.3. The second-order valence-corrected chi connectivity index (χ2v) is 4.31. The third-order valence-electron chi connectivity index (χ3n) is 2.77. The van der Waals surface area contributed by atoms with Crippen molar-refractivity contribution in [3.63, 3.8) is 0 Å². The Morgan fingerprint density at radius 2 is 2.00 bits per heavy atom. The average molecular weight is 220 g/mol. The van der Waals surface area contributed by atoms with Crippen LogP contribution in [0.1, 0.15) is 29.8 Å². The number of hydrogen-bond acceptors (Lipinski definition) is 2. The predicted octanol–water partition coefficient (Wildman–Crippen LogP) is 2.52. The smallest absolute Gasteiger partial charge is 0.255 e. The minimum absolute atomic E-state index is 0.0584. The number of carbonyl (C=O) groups excluding carboxylic acids is 1. The molecule has 1 N–H and O–H groups in total. The Labute approximate surface area is 97.5 Å². The molecule has 1 aromatic carbocycles. The standard InChI is InChI=1S/C13H20N2O/c1-9(2)15(5)13(16)11-8-10(3)6-7-12(11)14-4/h6-9,14H,1-5H3. The number of anilines is 1. The minimum atomic E-state index is 0.0584. The molecule has 3 heteroatoms. The van der Waals surface area contributed by atoms with E-state index in [4.69, 9.17) is 0 Å². The molecule has 0 bridgehead atoms. The molecule has 0 aromatic heterocycles. The van der Waals surface area contributed by atoms with Crippen molar-refractivity contribution in [2.45, 2.75) is 26.8 Å². The number of nitrogens with zero attached hydrogens (tertiary/aromatic N) is 1. The lowest BCUT2D eigenvalue weighted by atomic mass is 10.1. The highest BCUT2D eigenvalue weighted by Gasteiger charge is 2.17. The molecule has 0 aliphatic carbocycles. The second kappa shape index (κ2) is 5.01. The molecule has 1 aromatic rings. The molecule has 16 heavy (non-hydrogen) atoms. The fraction of sp³-hybridized carbons (Fsp3) is 0.462. The van der Waals surface area contributed by atoms with Crippen LogP contribution in [0.2, 0.25) is 0 Å². The summed E-state index contributed by atoms with van der Waals surface area (Å²) in [5.41, 5.74) is 2.71. The number of hydrogen-bond donors (Lipinski definition) is 1. The van der Waals surface area contributed by atoms with Gasteiger partial charge in [0.25, 0.3) is 5.91 Å². The molecule has 88 valence electrons. The van der Waals surface area contributed by atoms with Gasteiger partial charge in [-0.3, -0.25) is 4.79 Å². The molecular formula is C13H20N2O. The minimum Gasteiger partial charge on any atom is -0.387 e. The van der Waals surface area contributed by atoms with Gasteiger partial charge in [0, 0.05) is 25.8 Å². The average Bonchev–Trinajstić information content (AvgIpc) is 2.26. The summed E-state index contributed by atoms with van der Waals surface area (Å²) in [6, 6.07) is 6.07. The Bertz CT molecular complexity index is 386. The lowest BCUT2D eigenvalue weighted by molar-refractivity contribution is 0.0756. The van der Waals surface area contributed by atoms with Gasteiger partial charge >= 0.3 is 0 Å². The van der Waals surface area contributed by atoms with Crippen LogP contribution in [-0.4, -0.2) is 30.9 Å². The topological polar surface area (TPSA) is 32.3 Å². The van der Waals surface area contributed by atoms with Crippen LogP contribution < -0.4 is 5.32 Å². The first-order chi connectivity index (χ1) is 7.47. The summed E-state index contributed by atoms with van der Waals surface area (Å²) in [5.74, 6) is 0.0584. The number of benzene rings is 1. The number of rotatable bonds is 3. The normalized spacial score (nSPS) is 10.4. The molecule has 0 atom stereocenters. The van der Waals surface area contributed by atoms with Crippen LogP contribution in [0.3, 0.4) is 0 Å². The molecule has 1 amide bonds. The largest absolute Gasteiger partial charge is 0.387 e. The Balaban J connectivity index is 3.11. The third kappa shape index (κ3) is 2.54. The van der Waals surface area contributed by atoms with E-state index in [0.29, 0.717) is 0 Å². The molecular weight excluding hydrogens is 200 g/mol. The lowest BCUT2D eigenvalue weighted by Crippen LogP contribution is -2.33. The van der Waals surface area contributed by atoms with Crippen molar-refractivity contribution in [3.05, 3.63) is 29.3 Å². The van der Waals surface area contributed by atoms with E-state index in [9.17, 15) is 4.79 Å². The van der Waals surface area contributed by atoms with Crippen molar-refractivity contribution < 1.29 is 4.79 Å². The van der Waals surface area contributed by atoms with Gasteiger partial charge in [0.05, 0.1) is 5.56 Å². The summed E-state index contributed by atoms with van der Waals surface area (Å²) in [4.78, 5) is 13.9. The molecule has 0 aliphatic rings. The lowest BCUT2D eigenvalue weighted by Gasteiger charge is -2.23. The highest BCUT2D eigenvalue weighted by molar-refractivity contribution is 5.99. The van der Waals surface area contributed by atoms with Crippen molar-refractivity contribution >= 4 is 11.6 Å². The first-order valence-electron chi connectivity index (χ1n) is 5.53. The van der Waals surface area contributed by atoms with Crippen LogP contribution in [0.25, 0.3) is 0 Å². The molecule has 0 aliphatic heterocycles. The zero-order valence-electron chi connectivity index (χ0n) is 10.7. The van der Waals surface area contributed by atoms with Crippen molar-refractivity contribution in [3.8, 4) is 0 Å². The Morgan fingerprint density at radius 3 is 2.50 bits per heavy atom. The van der Waals surface area contributed by atoms with Crippen LogP contribution in [0.15, 0.2) is 18.2 Å². The Kier molecular flexibility index (Phi) is 3.93. The second-order valence-electron chi connectivity index (χ2n) is 4.31. The third-order valence-corrected chi connectivity index (χ3v) is 2.77. The number of carbonyl (C=O) groups is 1. The van der Waals surface area contributed by atoms with Gasteiger partial charge in [-0.15, -0.1) is 0 Å². The summed E-state index contributed by atoms with van der Waals surface area (Å²) in [5, 5.41) is 3.05. The summed E-state index contributed by atoms with van der Waals surface area (Å²) >= 11 is 0. The molecule has 0 saturated heterocycles. The number of aryl methyl sites for hydroxylation is 1. The van der Waals surface area contributed by atoms with E-state index in [-0.39, 0.29) is 11.9 Å². The monoisotopic (exact) mass is 220 g/mol. The van der Waals surface area contributed by atoms with Gasteiger partial charge in [0.2, 0.25) is 0 Å². The number of amides is 1. The zero-order valence-corrected chi connectivity index (χ0v) is 10.7. The fourth-order valence-electron chi connectivity index (χ4n) is 1.48. The molecule has 0 spiro atoms. The van der Waals surface area contributed by atoms with E-state index in [1.54, 1.807) is 4.90 Å². The van der Waals surface area contributed by atoms with E-state index in [1.807, 2.05) is 53.1 Å². The van der Waals surface area contributed by atoms with Crippen molar-refractivity contribution in [1.29, 1.82) is 0 Å². The maximum absolute atomic E-state index is 12.2. The van der Waals surface area contributed by atoms with Crippen LogP contribution in [-0.2, 0) is 0 Å². The van der Waals surface area contributed by atoms with Crippen molar-refractivity contribution in [2.24, 2.45) is 0 Å². The Morgan fingerprint density at radius 1 is 1.38 bits per heavy atom. The summed E-state index contributed by atoms with van der Waals surface area (Å²) in [7, 11) is 3.66. The molecule has 0 unspecified atom stereocenters. The van der Waals surface area contributed by atoms with Gasteiger partial charge in [0.1, 0.15) is 0 Å². The van der Waals surface area contributed by atoms with E-state index in [0.717, 1.165) is 16.8 Å². The van der Waals surface area contributed by atoms with E-state index < -0.39 is 0 Å². The van der Waals surface area contributed by atoms with E-state index >= 15 is 0 Å². The summed E-state index contributed by atoms with van der Waals surface area (Å²) in [6.45, 7) is 6.01. The molecule has 0 saturated carbocycles. The quantitative estimate of drug-likeness (QED) is 0.849. The fourth-order valence-corrected chi connectivity index (χ4v) is 1.48. The van der Waals surface area contributed by atoms with Gasteiger partial charge in [-0.2, -0.15) is 0 Å². The maximum Gasteiger partial charge on any atom is 0.255 e. The maximum atomic E-state index is 12.2. The SMILES string of the molecule is CNc1ccc(C)cc1C(=O)N(C)C(C)C. The van der Waals surface area contributed by atoms with E-state index in [1.165, 1.54) is 0 Å². The highest BCUT2D eigenvalue weighted by atomic mass is 16.2. The van der Waals surface area contributed by atoms with Gasteiger partial charge < -0.3 is 10.2 Å². The first kappa shape index (κ1) is 12.6. The molecule has 0 heterocycles. The van der Waals surface area contributed by atoms with Crippen LogP contribution in [0.4, 0.5) is 5.69 Å². The predicted molar refractivity (Wildman–Crippen MR) is 68.0 cm³/mol. The molecule has 1 rings (SSSR count). The van der Waals surface area contributed by atoms with Gasteiger partial charge in [-0.25, -0.2) is 0 Å².